The second-order valence-electron chi connectivity index (χ2n) is 6.01. The van der Waals surface area contributed by atoms with Crippen molar-refractivity contribution in [3.05, 3.63) is 45.8 Å². The number of anilines is 2. The Labute approximate surface area is 172 Å². The van der Waals surface area contributed by atoms with E-state index >= 15 is 0 Å². The average Bonchev–Trinajstić information content (AvgIpc) is 3.01. The van der Waals surface area contributed by atoms with Crippen LogP contribution >= 0.6 is 11.3 Å². The number of thiophene rings is 1. The molecule has 1 heterocycles. The minimum Gasteiger partial charge on any atom is -0.462 e. The smallest absolute Gasteiger partial charge is 0.348 e. The Balaban J connectivity index is 2.19. The number of carbonyl (C=O) groups excluding carboxylic acids is 3. The highest BCUT2D eigenvalue weighted by atomic mass is 32.1. The molecule has 0 aliphatic rings. The molecule has 0 radical (unpaired) electrons. The lowest BCUT2D eigenvalue weighted by Gasteiger charge is -2.15. The molecule has 1 amide bonds. The number of hydrogen-bond donors (Lipinski definition) is 2. The van der Waals surface area contributed by atoms with E-state index in [1.165, 1.54) is 12.1 Å². The van der Waals surface area contributed by atoms with Crippen LogP contribution in [0, 0.1) is 18.3 Å². The van der Waals surface area contributed by atoms with E-state index in [4.69, 9.17) is 15.2 Å². The number of amides is 1. The van der Waals surface area contributed by atoms with Gasteiger partial charge in [-0.25, -0.2) is 9.59 Å². The maximum absolute atomic E-state index is 12.6. The third-order valence-corrected chi connectivity index (χ3v) is 5.18. The molecule has 152 valence electrons. The first-order valence-electron chi connectivity index (χ1n) is 8.90. The molecule has 0 fully saturated rings. The zero-order valence-corrected chi connectivity index (χ0v) is 17.1. The van der Waals surface area contributed by atoms with Crippen LogP contribution in [0.3, 0.4) is 0 Å². The number of nitrogens with zero attached hydrogens (tertiary/aromatic N) is 1. The summed E-state index contributed by atoms with van der Waals surface area (Å²) >= 11 is 0.946. The van der Waals surface area contributed by atoms with Crippen LogP contribution in [0.25, 0.3) is 0 Å². The third-order valence-electron chi connectivity index (χ3n) is 3.99. The molecule has 0 aliphatic carbocycles. The molecule has 0 saturated carbocycles. The van der Waals surface area contributed by atoms with Crippen LogP contribution < -0.4 is 11.1 Å². The molecule has 1 unspecified atom stereocenters. The lowest BCUT2D eigenvalue weighted by atomic mass is 10.1. The number of hydrogen-bond acceptors (Lipinski definition) is 8. The van der Waals surface area contributed by atoms with Crippen molar-refractivity contribution < 1.29 is 23.9 Å². The summed E-state index contributed by atoms with van der Waals surface area (Å²) in [4.78, 5) is 37.2. The SMILES string of the molecule is CCOC(=O)c1sc(NC(=O)C(CC)OC(=O)c2cccc(N)c2)c(C#N)c1C. The molecule has 0 bridgehead atoms. The van der Waals surface area contributed by atoms with Crippen molar-refractivity contribution in [1.82, 2.24) is 0 Å². The van der Waals surface area contributed by atoms with E-state index in [9.17, 15) is 19.6 Å². The van der Waals surface area contributed by atoms with Gasteiger partial charge in [0.2, 0.25) is 0 Å². The number of nitrogens with two attached hydrogens (primary N) is 1. The number of nitriles is 1. The molecule has 9 heteroatoms. The van der Waals surface area contributed by atoms with Gasteiger partial charge in [-0.2, -0.15) is 5.26 Å². The molecule has 0 spiro atoms. The van der Waals surface area contributed by atoms with Crippen molar-refractivity contribution >= 4 is 39.9 Å². The van der Waals surface area contributed by atoms with Crippen molar-refractivity contribution in [2.45, 2.75) is 33.3 Å². The number of nitrogens with one attached hydrogen (secondary N) is 1. The van der Waals surface area contributed by atoms with Gasteiger partial charge < -0.3 is 20.5 Å². The Bertz CT molecular complexity index is 977. The van der Waals surface area contributed by atoms with Crippen molar-refractivity contribution in [3.8, 4) is 6.07 Å². The molecule has 0 saturated heterocycles. The minimum absolute atomic E-state index is 0.170. The summed E-state index contributed by atoms with van der Waals surface area (Å²) in [5, 5.41) is 12.2. The van der Waals surface area contributed by atoms with E-state index < -0.39 is 23.9 Å². The first-order chi connectivity index (χ1) is 13.8. The third kappa shape index (κ3) is 5.12. The number of rotatable bonds is 7. The molecule has 0 aliphatic heterocycles. The van der Waals surface area contributed by atoms with Crippen LogP contribution in [-0.2, 0) is 14.3 Å². The summed E-state index contributed by atoms with van der Waals surface area (Å²) in [6, 6.07) is 8.21. The molecule has 1 aromatic carbocycles. The van der Waals surface area contributed by atoms with Gasteiger partial charge in [-0.05, 0) is 44.0 Å². The Kier molecular flexibility index (Phi) is 7.33. The van der Waals surface area contributed by atoms with Gasteiger partial charge >= 0.3 is 11.9 Å². The highest BCUT2D eigenvalue weighted by Gasteiger charge is 2.26. The fourth-order valence-electron chi connectivity index (χ4n) is 2.51. The lowest BCUT2D eigenvalue weighted by Crippen LogP contribution is -2.32. The summed E-state index contributed by atoms with van der Waals surface area (Å²) in [6.07, 6.45) is -0.861. The molecule has 1 aromatic heterocycles. The lowest BCUT2D eigenvalue weighted by molar-refractivity contribution is -0.124. The van der Waals surface area contributed by atoms with E-state index in [-0.39, 0.29) is 34.0 Å². The average molecular weight is 415 g/mol. The standard InChI is InChI=1S/C20H21N3O5S/c1-4-15(28-19(25)12-7-6-8-13(22)9-12)17(24)23-18-14(10-21)11(3)16(29-18)20(26)27-5-2/h6-9,15H,4-5,22H2,1-3H3,(H,23,24). The van der Waals surface area contributed by atoms with Crippen molar-refractivity contribution in [3.63, 3.8) is 0 Å². The van der Waals surface area contributed by atoms with Gasteiger partial charge in [0.15, 0.2) is 6.10 Å². The summed E-state index contributed by atoms with van der Waals surface area (Å²) in [5.41, 5.74) is 6.89. The van der Waals surface area contributed by atoms with Crippen LogP contribution in [0.1, 0.15) is 51.4 Å². The fraction of sp³-hybridized carbons (Fsp3) is 0.300. The van der Waals surface area contributed by atoms with E-state index in [0.717, 1.165) is 11.3 Å². The molecule has 29 heavy (non-hydrogen) atoms. The quantitative estimate of drug-likeness (QED) is 0.524. The number of ether oxygens (including phenoxy) is 2. The Morgan fingerprint density at radius 2 is 2.00 bits per heavy atom. The summed E-state index contributed by atoms with van der Waals surface area (Å²) < 4.78 is 10.3. The van der Waals surface area contributed by atoms with Gasteiger partial charge in [0.25, 0.3) is 5.91 Å². The first kappa shape index (κ1) is 21.9. The Hall–Kier alpha value is -3.38. The zero-order chi connectivity index (χ0) is 21.6. The summed E-state index contributed by atoms with van der Waals surface area (Å²) in [6.45, 7) is 5.16. The predicted molar refractivity (Wildman–Crippen MR) is 109 cm³/mol. The zero-order valence-electron chi connectivity index (χ0n) is 16.3. The van der Waals surface area contributed by atoms with Crippen LogP contribution in [0.5, 0.6) is 0 Å². The van der Waals surface area contributed by atoms with E-state index in [0.29, 0.717) is 11.3 Å². The number of benzene rings is 1. The number of carbonyl (C=O) groups is 3. The molecule has 8 nitrogen and oxygen atoms in total. The van der Waals surface area contributed by atoms with Crippen LogP contribution in [-0.4, -0.2) is 30.6 Å². The predicted octanol–water partition coefficient (Wildman–Crippen LogP) is 3.26. The van der Waals surface area contributed by atoms with Gasteiger partial charge in [-0.1, -0.05) is 13.0 Å². The van der Waals surface area contributed by atoms with Gasteiger partial charge in [-0.15, -0.1) is 11.3 Å². The second kappa shape index (κ2) is 9.71. The van der Waals surface area contributed by atoms with Gasteiger partial charge in [-0.3, -0.25) is 4.79 Å². The van der Waals surface area contributed by atoms with Crippen molar-refractivity contribution in [1.29, 1.82) is 5.26 Å². The number of esters is 2. The largest absolute Gasteiger partial charge is 0.462 e. The van der Waals surface area contributed by atoms with Gasteiger partial charge in [0, 0.05) is 5.69 Å². The van der Waals surface area contributed by atoms with Crippen LogP contribution in [0.15, 0.2) is 24.3 Å². The molecular weight excluding hydrogens is 394 g/mol. The van der Waals surface area contributed by atoms with Crippen molar-refractivity contribution in [2.24, 2.45) is 0 Å². The molecule has 2 rings (SSSR count). The minimum atomic E-state index is -1.08. The maximum Gasteiger partial charge on any atom is 0.348 e. The first-order valence-corrected chi connectivity index (χ1v) is 9.71. The Morgan fingerprint density at radius 3 is 2.59 bits per heavy atom. The maximum atomic E-state index is 12.6. The van der Waals surface area contributed by atoms with Crippen LogP contribution in [0.4, 0.5) is 10.7 Å². The number of nitrogen functional groups attached to an aromatic ring is 1. The monoisotopic (exact) mass is 415 g/mol. The van der Waals surface area contributed by atoms with E-state index in [1.807, 2.05) is 6.07 Å². The summed E-state index contributed by atoms with van der Waals surface area (Å²) in [7, 11) is 0. The normalized spacial score (nSPS) is 11.2. The molecular formula is C20H21N3O5S. The molecule has 2 aromatic rings. The van der Waals surface area contributed by atoms with E-state index in [2.05, 4.69) is 5.32 Å². The summed E-state index contributed by atoms with van der Waals surface area (Å²) in [5.74, 6) is -1.85. The van der Waals surface area contributed by atoms with Gasteiger partial charge in [0.05, 0.1) is 17.7 Å². The molecule has 3 N–H and O–H groups in total. The molecule has 1 atom stereocenters. The van der Waals surface area contributed by atoms with Crippen LogP contribution in [0.2, 0.25) is 0 Å². The Morgan fingerprint density at radius 1 is 1.28 bits per heavy atom. The highest BCUT2D eigenvalue weighted by Crippen LogP contribution is 2.33. The van der Waals surface area contributed by atoms with E-state index in [1.54, 1.807) is 32.9 Å². The second-order valence-corrected chi connectivity index (χ2v) is 7.03. The van der Waals surface area contributed by atoms with Crippen molar-refractivity contribution in [2.75, 3.05) is 17.7 Å². The van der Waals surface area contributed by atoms with Gasteiger partial charge in [0.1, 0.15) is 15.9 Å². The fourth-order valence-corrected chi connectivity index (χ4v) is 3.56. The highest BCUT2D eigenvalue weighted by molar-refractivity contribution is 7.18. The topological polar surface area (TPSA) is 132 Å².